The molecule has 0 saturated carbocycles. The number of carbonyl (C=O) groups is 1. The van der Waals surface area contributed by atoms with Crippen LogP contribution in [0.5, 0.6) is 0 Å². The molecule has 2 aromatic carbocycles. The molecule has 0 aliphatic carbocycles. The van der Waals surface area contributed by atoms with Crippen LogP contribution in [-0.2, 0) is 13.0 Å². The van der Waals surface area contributed by atoms with Crippen LogP contribution in [0, 0.1) is 6.92 Å². The zero-order valence-corrected chi connectivity index (χ0v) is 13.1. The van der Waals surface area contributed by atoms with Crippen molar-refractivity contribution < 1.29 is 4.79 Å². The molecule has 1 heterocycles. The third-order valence-electron chi connectivity index (χ3n) is 4.09. The van der Waals surface area contributed by atoms with Crippen LogP contribution in [0.2, 0.25) is 0 Å². The molecule has 0 radical (unpaired) electrons. The fraction of sp³-hybridized carbons (Fsp3) is 0.278. The minimum absolute atomic E-state index is 0.111. The average molecular weight is 297 g/mol. The standard InChI is InChI=1S/C18H19NOS/c1-13-8-9-16(21)11-17(13)18(20)19-10-4-7-14-5-2-3-6-15(14)12-19/h2-3,5-6,8-9,11,21H,4,7,10,12H2,1H3. The molecule has 0 saturated heterocycles. The number of hydrogen-bond donors (Lipinski definition) is 1. The van der Waals surface area contributed by atoms with Gasteiger partial charge >= 0.3 is 0 Å². The fourth-order valence-electron chi connectivity index (χ4n) is 2.88. The van der Waals surface area contributed by atoms with E-state index in [4.69, 9.17) is 0 Å². The number of carbonyl (C=O) groups excluding carboxylic acids is 1. The van der Waals surface area contributed by atoms with Crippen molar-refractivity contribution in [3.63, 3.8) is 0 Å². The number of fused-ring (bicyclic) bond motifs is 1. The molecule has 1 aliphatic heterocycles. The van der Waals surface area contributed by atoms with Crippen LogP contribution in [-0.4, -0.2) is 17.4 Å². The highest BCUT2D eigenvalue weighted by Crippen LogP contribution is 2.22. The molecule has 0 unspecified atom stereocenters. The Morgan fingerprint density at radius 3 is 2.71 bits per heavy atom. The molecule has 0 aromatic heterocycles. The zero-order chi connectivity index (χ0) is 14.8. The van der Waals surface area contributed by atoms with Crippen LogP contribution in [0.15, 0.2) is 47.4 Å². The lowest BCUT2D eigenvalue weighted by Crippen LogP contribution is -2.31. The molecule has 0 atom stereocenters. The SMILES string of the molecule is Cc1ccc(S)cc1C(=O)N1CCCc2ccccc2C1. The van der Waals surface area contributed by atoms with Crippen molar-refractivity contribution in [2.45, 2.75) is 31.2 Å². The van der Waals surface area contributed by atoms with Gasteiger partial charge in [0.25, 0.3) is 5.91 Å². The third-order valence-corrected chi connectivity index (χ3v) is 4.37. The van der Waals surface area contributed by atoms with E-state index in [0.717, 1.165) is 35.4 Å². The summed E-state index contributed by atoms with van der Waals surface area (Å²) in [6.07, 6.45) is 2.06. The van der Waals surface area contributed by atoms with Crippen molar-refractivity contribution in [1.82, 2.24) is 4.90 Å². The fourth-order valence-corrected chi connectivity index (χ4v) is 3.09. The summed E-state index contributed by atoms with van der Waals surface area (Å²) in [5, 5.41) is 0. The van der Waals surface area contributed by atoms with Gasteiger partial charge in [0.2, 0.25) is 0 Å². The molecule has 0 fully saturated rings. The van der Waals surface area contributed by atoms with Crippen molar-refractivity contribution in [3.8, 4) is 0 Å². The Kier molecular flexibility index (Phi) is 4.02. The molecule has 21 heavy (non-hydrogen) atoms. The van der Waals surface area contributed by atoms with E-state index in [1.165, 1.54) is 11.1 Å². The molecule has 0 spiro atoms. The van der Waals surface area contributed by atoms with Crippen LogP contribution >= 0.6 is 12.6 Å². The van der Waals surface area contributed by atoms with E-state index < -0.39 is 0 Å². The number of amides is 1. The Morgan fingerprint density at radius 2 is 1.90 bits per heavy atom. The van der Waals surface area contributed by atoms with Crippen molar-refractivity contribution in [1.29, 1.82) is 0 Å². The monoisotopic (exact) mass is 297 g/mol. The highest BCUT2D eigenvalue weighted by atomic mass is 32.1. The molecular formula is C18H19NOS. The van der Waals surface area contributed by atoms with Crippen molar-refractivity contribution >= 4 is 18.5 Å². The summed E-state index contributed by atoms with van der Waals surface area (Å²) in [6.45, 7) is 3.49. The number of rotatable bonds is 1. The normalized spacial score (nSPS) is 14.5. The maximum atomic E-state index is 12.8. The first-order valence-electron chi connectivity index (χ1n) is 7.31. The first-order chi connectivity index (χ1) is 10.1. The summed E-state index contributed by atoms with van der Waals surface area (Å²) in [6, 6.07) is 14.2. The molecule has 0 N–H and O–H groups in total. The smallest absolute Gasteiger partial charge is 0.254 e. The molecule has 1 amide bonds. The van der Waals surface area contributed by atoms with Gasteiger partial charge in [0, 0.05) is 23.5 Å². The van der Waals surface area contributed by atoms with Gasteiger partial charge in [-0.3, -0.25) is 4.79 Å². The Bertz CT molecular complexity index is 681. The molecule has 2 aromatic rings. The highest BCUT2D eigenvalue weighted by Gasteiger charge is 2.21. The first kappa shape index (κ1) is 14.2. The van der Waals surface area contributed by atoms with Gasteiger partial charge in [0.15, 0.2) is 0 Å². The Labute approximate surface area is 131 Å². The van der Waals surface area contributed by atoms with E-state index in [2.05, 4.69) is 30.8 Å². The lowest BCUT2D eigenvalue weighted by molar-refractivity contribution is 0.0745. The van der Waals surface area contributed by atoms with Gasteiger partial charge in [-0.05, 0) is 48.6 Å². The minimum atomic E-state index is 0.111. The number of aryl methyl sites for hydroxylation is 2. The highest BCUT2D eigenvalue weighted by molar-refractivity contribution is 7.80. The largest absolute Gasteiger partial charge is 0.334 e. The number of benzene rings is 2. The molecule has 2 nitrogen and oxygen atoms in total. The van der Waals surface area contributed by atoms with E-state index in [1.807, 2.05) is 36.1 Å². The Hall–Kier alpha value is -1.74. The summed E-state index contributed by atoms with van der Waals surface area (Å²) < 4.78 is 0. The van der Waals surface area contributed by atoms with Gasteiger partial charge in [-0.1, -0.05) is 30.3 Å². The number of nitrogens with zero attached hydrogens (tertiary/aromatic N) is 1. The third kappa shape index (κ3) is 2.98. The maximum Gasteiger partial charge on any atom is 0.254 e. The summed E-state index contributed by atoms with van der Waals surface area (Å²) in [5.74, 6) is 0.111. The lowest BCUT2D eigenvalue weighted by Gasteiger charge is -2.22. The average Bonchev–Trinajstić information content (AvgIpc) is 2.71. The quantitative estimate of drug-likeness (QED) is 0.792. The molecule has 3 rings (SSSR count). The number of hydrogen-bond acceptors (Lipinski definition) is 2. The van der Waals surface area contributed by atoms with Crippen molar-refractivity contribution in [3.05, 3.63) is 64.7 Å². The van der Waals surface area contributed by atoms with Crippen LogP contribution in [0.3, 0.4) is 0 Å². The van der Waals surface area contributed by atoms with Crippen molar-refractivity contribution in [2.75, 3.05) is 6.54 Å². The molecular weight excluding hydrogens is 278 g/mol. The predicted molar refractivity (Wildman–Crippen MR) is 87.9 cm³/mol. The second kappa shape index (κ2) is 5.94. The maximum absolute atomic E-state index is 12.8. The summed E-state index contributed by atoms with van der Waals surface area (Å²) >= 11 is 4.36. The minimum Gasteiger partial charge on any atom is -0.334 e. The second-order valence-corrected chi connectivity index (χ2v) is 6.11. The van der Waals surface area contributed by atoms with Gasteiger partial charge in [-0.25, -0.2) is 0 Å². The van der Waals surface area contributed by atoms with Crippen LogP contribution in [0.1, 0.15) is 33.5 Å². The molecule has 1 aliphatic rings. The van der Waals surface area contributed by atoms with Gasteiger partial charge in [-0.15, -0.1) is 12.6 Å². The zero-order valence-electron chi connectivity index (χ0n) is 12.2. The van der Waals surface area contributed by atoms with E-state index in [1.54, 1.807) is 0 Å². The van der Waals surface area contributed by atoms with Crippen LogP contribution in [0.25, 0.3) is 0 Å². The topological polar surface area (TPSA) is 20.3 Å². The number of thiol groups is 1. The van der Waals surface area contributed by atoms with Crippen LogP contribution in [0.4, 0.5) is 0 Å². The van der Waals surface area contributed by atoms with E-state index in [-0.39, 0.29) is 5.91 Å². The van der Waals surface area contributed by atoms with Gasteiger partial charge in [-0.2, -0.15) is 0 Å². The molecule has 3 heteroatoms. The molecule has 108 valence electrons. The second-order valence-electron chi connectivity index (χ2n) is 5.60. The lowest BCUT2D eigenvalue weighted by atomic mass is 10.0. The predicted octanol–water partition coefficient (Wildman–Crippen LogP) is 3.87. The van der Waals surface area contributed by atoms with E-state index >= 15 is 0 Å². The summed E-state index contributed by atoms with van der Waals surface area (Å²) in [4.78, 5) is 15.6. The first-order valence-corrected chi connectivity index (χ1v) is 7.75. The Balaban J connectivity index is 1.90. The van der Waals surface area contributed by atoms with Crippen molar-refractivity contribution in [2.24, 2.45) is 0 Å². The molecule has 0 bridgehead atoms. The Morgan fingerprint density at radius 1 is 1.14 bits per heavy atom. The van der Waals surface area contributed by atoms with E-state index in [9.17, 15) is 4.79 Å². The van der Waals surface area contributed by atoms with Gasteiger partial charge < -0.3 is 4.90 Å². The van der Waals surface area contributed by atoms with E-state index in [0.29, 0.717) is 6.54 Å². The van der Waals surface area contributed by atoms with Gasteiger partial charge in [0.1, 0.15) is 0 Å². The van der Waals surface area contributed by atoms with Crippen LogP contribution < -0.4 is 0 Å². The summed E-state index contributed by atoms with van der Waals surface area (Å²) in [5.41, 5.74) is 4.41. The summed E-state index contributed by atoms with van der Waals surface area (Å²) in [7, 11) is 0. The van der Waals surface area contributed by atoms with Gasteiger partial charge in [0.05, 0.1) is 0 Å².